The van der Waals surface area contributed by atoms with Gasteiger partial charge < -0.3 is 10.1 Å². The Kier molecular flexibility index (Phi) is 4.24. The molecule has 0 saturated heterocycles. The zero-order valence-corrected chi connectivity index (χ0v) is 13.2. The number of benzene rings is 2. The average molecular weight is 306 g/mol. The van der Waals surface area contributed by atoms with Crippen molar-refractivity contribution in [1.29, 1.82) is 0 Å². The standard InChI is InChI=1S/C19H18N2O2/c1-13-9-10-16-17(20-13)7-4-8-18(16)21-19(22)12-14-5-3-6-15(11-14)23-2/h3-11H,12H2,1-2H3,(H,21,22). The summed E-state index contributed by atoms with van der Waals surface area (Å²) in [6.07, 6.45) is 0.298. The molecule has 1 amide bonds. The molecule has 4 heteroatoms. The minimum atomic E-state index is -0.0636. The predicted molar refractivity (Wildman–Crippen MR) is 91.8 cm³/mol. The SMILES string of the molecule is COc1cccc(CC(=O)Nc2cccc3nc(C)ccc23)c1. The molecule has 0 aliphatic carbocycles. The number of aryl methyl sites for hydroxylation is 1. The molecule has 0 aliphatic heterocycles. The number of fused-ring (bicyclic) bond motifs is 1. The topological polar surface area (TPSA) is 51.2 Å². The van der Waals surface area contributed by atoms with E-state index in [2.05, 4.69) is 10.3 Å². The van der Waals surface area contributed by atoms with Crippen LogP contribution in [-0.2, 0) is 11.2 Å². The summed E-state index contributed by atoms with van der Waals surface area (Å²) in [5, 5.41) is 3.91. The van der Waals surface area contributed by atoms with Gasteiger partial charge in [0.05, 0.1) is 24.7 Å². The number of rotatable bonds is 4. The van der Waals surface area contributed by atoms with Crippen LogP contribution in [0.2, 0.25) is 0 Å². The molecule has 0 atom stereocenters. The lowest BCUT2D eigenvalue weighted by atomic mass is 10.1. The number of amides is 1. The van der Waals surface area contributed by atoms with E-state index in [9.17, 15) is 4.79 Å². The number of carbonyl (C=O) groups is 1. The van der Waals surface area contributed by atoms with Gasteiger partial charge in [-0.1, -0.05) is 18.2 Å². The minimum absolute atomic E-state index is 0.0636. The fourth-order valence-electron chi connectivity index (χ4n) is 2.53. The van der Waals surface area contributed by atoms with Gasteiger partial charge in [-0.15, -0.1) is 0 Å². The summed E-state index contributed by atoms with van der Waals surface area (Å²) in [6, 6.07) is 17.2. The second-order valence-electron chi connectivity index (χ2n) is 5.40. The molecule has 3 rings (SSSR count). The molecule has 2 aromatic carbocycles. The monoisotopic (exact) mass is 306 g/mol. The molecular formula is C19H18N2O2. The quantitative estimate of drug-likeness (QED) is 0.799. The molecule has 1 heterocycles. The number of hydrogen-bond acceptors (Lipinski definition) is 3. The predicted octanol–water partition coefficient (Wildman–Crippen LogP) is 3.73. The van der Waals surface area contributed by atoms with Crippen LogP contribution < -0.4 is 10.1 Å². The first-order valence-corrected chi connectivity index (χ1v) is 7.45. The number of aromatic nitrogens is 1. The lowest BCUT2D eigenvalue weighted by molar-refractivity contribution is -0.115. The van der Waals surface area contributed by atoms with Crippen LogP contribution in [0.5, 0.6) is 5.75 Å². The Morgan fingerprint density at radius 2 is 1.96 bits per heavy atom. The minimum Gasteiger partial charge on any atom is -0.497 e. The van der Waals surface area contributed by atoms with Gasteiger partial charge in [-0.3, -0.25) is 9.78 Å². The van der Waals surface area contributed by atoms with Crippen LogP contribution in [0.3, 0.4) is 0 Å². The zero-order chi connectivity index (χ0) is 16.2. The van der Waals surface area contributed by atoms with Gasteiger partial charge in [0.2, 0.25) is 5.91 Å². The van der Waals surface area contributed by atoms with Crippen LogP contribution in [0, 0.1) is 6.92 Å². The number of carbonyl (C=O) groups excluding carboxylic acids is 1. The summed E-state index contributed by atoms with van der Waals surface area (Å²) in [5.74, 6) is 0.687. The van der Waals surface area contributed by atoms with Gasteiger partial charge in [0, 0.05) is 11.1 Å². The van der Waals surface area contributed by atoms with Crippen LogP contribution >= 0.6 is 0 Å². The van der Waals surface area contributed by atoms with Gasteiger partial charge in [-0.25, -0.2) is 0 Å². The molecule has 0 aliphatic rings. The van der Waals surface area contributed by atoms with Crippen molar-refractivity contribution in [3.8, 4) is 5.75 Å². The summed E-state index contributed by atoms with van der Waals surface area (Å²) in [7, 11) is 1.62. The smallest absolute Gasteiger partial charge is 0.228 e. The Morgan fingerprint density at radius 3 is 2.78 bits per heavy atom. The highest BCUT2D eigenvalue weighted by Crippen LogP contribution is 2.22. The zero-order valence-electron chi connectivity index (χ0n) is 13.2. The van der Waals surface area contributed by atoms with Crippen molar-refractivity contribution < 1.29 is 9.53 Å². The fourth-order valence-corrected chi connectivity index (χ4v) is 2.53. The number of hydrogen-bond donors (Lipinski definition) is 1. The molecule has 0 bridgehead atoms. The molecule has 23 heavy (non-hydrogen) atoms. The van der Waals surface area contributed by atoms with Gasteiger partial charge >= 0.3 is 0 Å². The third kappa shape index (κ3) is 3.48. The number of nitrogens with zero attached hydrogens (tertiary/aromatic N) is 1. The second-order valence-corrected chi connectivity index (χ2v) is 5.40. The van der Waals surface area contributed by atoms with Gasteiger partial charge in [0.1, 0.15) is 5.75 Å². The van der Waals surface area contributed by atoms with E-state index >= 15 is 0 Å². The lowest BCUT2D eigenvalue weighted by Crippen LogP contribution is -2.14. The molecular weight excluding hydrogens is 288 g/mol. The van der Waals surface area contributed by atoms with E-state index in [1.54, 1.807) is 7.11 Å². The number of anilines is 1. The first kappa shape index (κ1) is 15.0. The van der Waals surface area contributed by atoms with Crippen molar-refractivity contribution in [3.63, 3.8) is 0 Å². The summed E-state index contributed by atoms with van der Waals surface area (Å²) >= 11 is 0. The molecule has 116 valence electrons. The van der Waals surface area contributed by atoms with Crippen molar-refractivity contribution in [3.05, 3.63) is 65.9 Å². The first-order valence-electron chi connectivity index (χ1n) is 7.45. The van der Waals surface area contributed by atoms with Crippen LogP contribution in [0.1, 0.15) is 11.3 Å². The Morgan fingerprint density at radius 1 is 1.13 bits per heavy atom. The highest BCUT2D eigenvalue weighted by molar-refractivity contribution is 6.01. The van der Waals surface area contributed by atoms with Gasteiger partial charge in [0.15, 0.2) is 0 Å². The normalized spacial score (nSPS) is 10.5. The summed E-state index contributed by atoms with van der Waals surface area (Å²) in [6.45, 7) is 1.95. The molecule has 0 spiro atoms. The van der Waals surface area contributed by atoms with Crippen LogP contribution in [0.4, 0.5) is 5.69 Å². The fraction of sp³-hybridized carbons (Fsp3) is 0.158. The van der Waals surface area contributed by atoms with Crippen molar-refractivity contribution in [1.82, 2.24) is 4.98 Å². The Hall–Kier alpha value is -2.88. The molecule has 0 radical (unpaired) electrons. The first-order chi connectivity index (χ1) is 11.2. The van der Waals surface area contributed by atoms with E-state index in [0.29, 0.717) is 6.42 Å². The largest absolute Gasteiger partial charge is 0.497 e. The second kappa shape index (κ2) is 6.48. The van der Waals surface area contributed by atoms with Gasteiger partial charge in [-0.2, -0.15) is 0 Å². The van der Waals surface area contributed by atoms with Crippen LogP contribution in [0.15, 0.2) is 54.6 Å². The third-order valence-electron chi connectivity index (χ3n) is 3.64. The van der Waals surface area contributed by atoms with E-state index in [1.165, 1.54) is 0 Å². The van der Waals surface area contributed by atoms with E-state index in [1.807, 2.05) is 61.5 Å². The van der Waals surface area contributed by atoms with Gasteiger partial charge in [-0.05, 0) is 48.9 Å². The summed E-state index contributed by atoms with van der Waals surface area (Å²) < 4.78 is 5.18. The summed E-state index contributed by atoms with van der Waals surface area (Å²) in [5.41, 5.74) is 3.53. The molecule has 0 saturated carbocycles. The maximum atomic E-state index is 12.3. The third-order valence-corrected chi connectivity index (χ3v) is 3.64. The lowest BCUT2D eigenvalue weighted by Gasteiger charge is -2.09. The maximum Gasteiger partial charge on any atom is 0.228 e. The number of methoxy groups -OCH3 is 1. The molecule has 1 N–H and O–H groups in total. The highest BCUT2D eigenvalue weighted by atomic mass is 16.5. The molecule has 4 nitrogen and oxygen atoms in total. The maximum absolute atomic E-state index is 12.3. The van der Waals surface area contributed by atoms with Crippen molar-refractivity contribution in [2.45, 2.75) is 13.3 Å². The molecule has 1 aromatic heterocycles. The van der Waals surface area contributed by atoms with E-state index in [4.69, 9.17) is 4.74 Å². The highest BCUT2D eigenvalue weighted by Gasteiger charge is 2.08. The Bertz CT molecular complexity index is 859. The number of nitrogens with one attached hydrogen (secondary N) is 1. The molecule has 0 unspecified atom stereocenters. The molecule has 3 aromatic rings. The average Bonchev–Trinajstić information content (AvgIpc) is 2.55. The van der Waals surface area contributed by atoms with Crippen molar-refractivity contribution in [2.24, 2.45) is 0 Å². The molecule has 0 fully saturated rings. The van der Waals surface area contributed by atoms with Gasteiger partial charge in [0.25, 0.3) is 0 Å². The van der Waals surface area contributed by atoms with Crippen molar-refractivity contribution >= 4 is 22.5 Å². The van der Waals surface area contributed by atoms with Crippen LogP contribution in [-0.4, -0.2) is 18.0 Å². The van der Waals surface area contributed by atoms with E-state index < -0.39 is 0 Å². The number of pyridine rings is 1. The van der Waals surface area contributed by atoms with E-state index in [0.717, 1.165) is 33.6 Å². The van der Waals surface area contributed by atoms with Crippen LogP contribution in [0.25, 0.3) is 10.9 Å². The van der Waals surface area contributed by atoms with Crippen molar-refractivity contribution in [2.75, 3.05) is 12.4 Å². The van der Waals surface area contributed by atoms with E-state index in [-0.39, 0.29) is 5.91 Å². The number of ether oxygens (including phenoxy) is 1. The summed E-state index contributed by atoms with van der Waals surface area (Å²) in [4.78, 5) is 16.8. The Balaban J connectivity index is 1.80. The Labute approximate surface area is 135 Å².